The number of hydrogen-bond acceptors (Lipinski definition) is 5. The highest BCUT2D eigenvalue weighted by atomic mass is 16.5. The van der Waals surface area contributed by atoms with Gasteiger partial charge in [0.15, 0.2) is 0 Å². The Morgan fingerprint density at radius 2 is 2.24 bits per heavy atom. The molecular formula is C15H14N4O2. The van der Waals surface area contributed by atoms with Crippen molar-refractivity contribution in [2.24, 2.45) is 0 Å². The summed E-state index contributed by atoms with van der Waals surface area (Å²) in [6.07, 6.45) is 1.48. The van der Waals surface area contributed by atoms with Gasteiger partial charge in [-0.25, -0.2) is 0 Å². The number of nitrogens with zero attached hydrogens (tertiary/aromatic N) is 2. The molecule has 6 nitrogen and oxygen atoms in total. The summed E-state index contributed by atoms with van der Waals surface area (Å²) in [4.78, 5) is 15.7. The summed E-state index contributed by atoms with van der Waals surface area (Å²) >= 11 is 0. The fraction of sp³-hybridized carbons (Fsp3) is 0.133. The van der Waals surface area contributed by atoms with Gasteiger partial charge in [-0.1, -0.05) is 0 Å². The maximum atomic E-state index is 11.7. The fourth-order valence-electron chi connectivity index (χ4n) is 1.70. The number of pyridine rings is 1. The Bertz CT molecular complexity index is 707. The number of amides is 1. The molecule has 0 fully saturated rings. The molecule has 6 heteroatoms. The minimum absolute atomic E-state index is 0.253. The van der Waals surface area contributed by atoms with Crippen LogP contribution in [-0.2, 0) is 0 Å². The Balaban J connectivity index is 2.27. The highest BCUT2D eigenvalue weighted by Crippen LogP contribution is 2.26. The van der Waals surface area contributed by atoms with Crippen LogP contribution < -0.4 is 15.8 Å². The van der Waals surface area contributed by atoms with E-state index in [9.17, 15) is 4.79 Å². The fourth-order valence-corrected chi connectivity index (χ4v) is 1.70. The molecule has 0 unspecified atom stereocenters. The number of nitrogen functional groups attached to an aromatic ring is 1. The van der Waals surface area contributed by atoms with E-state index in [-0.39, 0.29) is 11.6 Å². The smallest absolute Gasteiger partial charge is 0.270 e. The zero-order chi connectivity index (χ0) is 15.2. The van der Waals surface area contributed by atoms with Crippen molar-refractivity contribution in [1.29, 1.82) is 5.26 Å². The van der Waals surface area contributed by atoms with Crippen LogP contribution in [-0.4, -0.2) is 17.4 Å². The number of anilines is 1. The summed E-state index contributed by atoms with van der Waals surface area (Å²) in [6.45, 7) is 2.34. The second kappa shape index (κ2) is 6.39. The molecule has 2 rings (SSSR count). The second-order valence-corrected chi connectivity index (χ2v) is 4.21. The first-order valence-electron chi connectivity index (χ1n) is 6.35. The van der Waals surface area contributed by atoms with Gasteiger partial charge >= 0.3 is 0 Å². The highest BCUT2D eigenvalue weighted by Gasteiger charge is 2.09. The molecule has 0 saturated carbocycles. The quantitative estimate of drug-likeness (QED) is 0.836. The molecule has 0 atom stereocenters. The molecule has 2 aromatic rings. The largest absolute Gasteiger partial charge is 0.456 e. The molecule has 0 bridgehead atoms. The van der Waals surface area contributed by atoms with Crippen LogP contribution in [0.25, 0.3) is 0 Å². The molecule has 21 heavy (non-hydrogen) atoms. The summed E-state index contributed by atoms with van der Waals surface area (Å²) in [7, 11) is 0. The second-order valence-electron chi connectivity index (χ2n) is 4.21. The molecule has 1 aromatic heterocycles. The minimum atomic E-state index is -0.277. The number of benzene rings is 1. The number of carbonyl (C=O) groups is 1. The van der Waals surface area contributed by atoms with Crippen molar-refractivity contribution in [3.8, 4) is 17.6 Å². The van der Waals surface area contributed by atoms with Crippen LogP contribution in [0.5, 0.6) is 11.5 Å². The maximum absolute atomic E-state index is 11.7. The van der Waals surface area contributed by atoms with E-state index in [2.05, 4.69) is 10.3 Å². The van der Waals surface area contributed by atoms with Crippen molar-refractivity contribution in [2.75, 3.05) is 12.3 Å². The van der Waals surface area contributed by atoms with Gasteiger partial charge < -0.3 is 15.8 Å². The number of hydrogen-bond donors (Lipinski definition) is 2. The molecule has 0 spiro atoms. The lowest BCUT2D eigenvalue weighted by Crippen LogP contribution is -2.23. The minimum Gasteiger partial charge on any atom is -0.456 e. The monoisotopic (exact) mass is 282 g/mol. The van der Waals surface area contributed by atoms with Gasteiger partial charge in [0.2, 0.25) is 0 Å². The van der Waals surface area contributed by atoms with Gasteiger partial charge in [0.25, 0.3) is 5.91 Å². The maximum Gasteiger partial charge on any atom is 0.270 e. The number of ether oxygens (including phenoxy) is 1. The van der Waals surface area contributed by atoms with E-state index in [0.29, 0.717) is 29.3 Å². The van der Waals surface area contributed by atoms with Crippen molar-refractivity contribution in [3.63, 3.8) is 0 Å². The lowest BCUT2D eigenvalue weighted by atomic mass is 10.2. The third-order valence-electron chi connectivity index (χ3n) is 2.65. The molecule has 1 heterocycles. The van der Waals surface area contributed by atoms with Crippen LogP contribution in [0.15, 0.2) is 36.5 Å². The van der Waals surface area contributed by atoms with Crippen LogP contribution in [0, 0.1) is 11.3 Å². The van der Waals surface area contributed by atoms with Crippen LogP contribution in [0.1, 0.15) is 23.0 Å². The summed E-state index contributed by atoms with van der Waals surface area (Å²) in [5, 5.41) is 11.7. The molecule has 1 amide bonds. The first-order valence-corrected chi connectivity index (χ1v) is 6.35. The summed E-state index contributed by atoms with van der Waals surface area (Å²) in [6, 6.07) is 9.92. The SMILES string of the molecule is CCNC(=O)c1cc(Oc2ccc(N)cc2C#N)ccn1. The lowest BCUT2D eigenvalue weighted by molar-refractivity contribution is 0.0950. The molecule has 0 radical (unpaired) electrons. The first-order chi connectivity index (χ1) is 10.1. The van der Waals surface area contributed by atoms with Gasteiger partial charge in [-0.05, 0) is 31.2 Å². The number of carbonyl (C=O) groups excluding carboxylic acids is 1. The van der Waals surface area contributed by atoms with Crippen molar-refractivity contribution in [1.82, 2.24) is 10.3 Å². The van der Waals surface area contributed by atoms with Crippen molar-refractivity contribution in [2.45, 2.75) is 6.92 Å². The van der Waals surface area contributed by atoms with Gasteiger partial charge in [-0.3, -0.25) is 9.78 Å². The van der Waals surface area contributed by atoms with Crippen LogP contribution in [0.2, 0.25) is 0 Å². The molecule has 0 saturated heterocycles. The third-order valence-corrected chi connectivity index (χ3v) is 2.65. The first kappa shape index (κ1) is 14.3. The predicted octanol–water partition coefficient (Wildman–Crippen LogP) is 2.08. The third kappa shape index (κ3) is 3.48. The van der Waals surface area contributed by atoms with Crippen molar-refractivity contribution in [3.05, 3.63) is 47.8 Å². The van der Waals surface area contributed by atoms with E-state index in [4.69, 9.17) is 15.7 Å². The average molecular weight is 282 g/mol. The Kier molecular flexibility index (Phi) is 4.36. The zero-order valence-electron chi connectivity index (χ0n) is 11.5. The van der Waals surface area contributed by atoms with E-state index < -0.39 is 0 Å². The summed E-state index contributed by atoms with van der Waals surface area (Å²) < 4.78 is 5.63. The molecular weight excluding hydrogens is 268 g/mol. The Hall–Kier alpha value is -3.07. The molecule has 1 aromatic carbocycles. The van der Waals surface area contributed by atoms with E-state index in [1.807, 2.05) is 13.0 Å². The van der Waals surface area contributed by atoms with Crippen molar-refractivity contribution >= 4 is 11.6 Å². The molecule has 3 N–H and O–H groups in total. The highest BCUT2D eigenvalue weighted by molar-refractivity contribution is 5.92. The number of aromatic nitrogens is 1. The number of nitriles is 1. The Morgan fingerprint density at radius 1 is 1.43 bits per heavy atom. The molecule has 0 aliphatic rings. The van der Waals surface area contributed by atoms with E-state index in [1.54, 1.807) is 18.2 Å². The van der Waals surface area contributed by atoms with Gasteiger partial charge in [-0.15, -0.1) is 0 Å². The molecule has 106 valence electrons. The predicted molar refractivity (Wildman–Crippen MR) is 77.9 cm³/mol. The molecule has 0 aliphatic heterocycles. The van der Waals surface area contributed by atoms with Gasteiger partial charge in [0, 0.05) is 24.5 Å². The Labute approximate surface area is 122 Å². The van der Waals surface area contributed by atoms with Gasteiger partial charge in [0.05, 0.1) is 5.56 Å². The zero-order valence-corrected chi connectivity index (χ0v) is 11.5. The topological polar surface area (TPSA) is 101 Å². The van der Waals surface area contributed by atoms with Crippen LogP contribution >= 0.6 is 0 Å². The van der Waals surface area contributed by atoms with Crippen molar-refractivity contribution < 1.29 is 9.53 Å². The number of nitrogens with one attached hydrogen (secondary N) is 1. The number of rotatable bonds is 4. The average Bonchev–Trinajstić information content (AvgIpc) is 2.49. The van der Waals surface area contributed by atoms with E-state index >= 15 is 0 Å². The van der Waals surface area contributed by atoms with Crippen LogP contribution in [0.4, 0.5) is 5.69 Å². The van der Waals surface area contributed by atoms with Crippen LogP contribution in [0.3, 0.4) is 0 Å². The number of nitrogens with two attached hydrogens (primary N) is 1. The van der Waals surface area contributed by atoms with Gasteiger partial charge in [0.1, 0.15) is 23.3 Å². The molecule has 0 aliphatic carbocycles. The van der Waals surface area contributed by atoms with E-state index in [1.165, 1.54) is 18.3 Å². The standard InChI is InChI=1S/C15H14N4O2/c1-2-18-15(20)13-8-12(5-6-19-13)21-14-4-3-11(17)7-10(14)9-16/h3-8H,2,17H2,1H3,(H,18,20). The lowest BCUT2D eigenvalue weighted by Gasteiger charge is -2.09. The van der Waals surface area contributed by atoms with Gasteiger partial charge in [-0.2, -0.15) is 5.26 Å². The summed E-state index contributed by atoms with van der Waals surface area (Å²) in [5.74, 6) is 0.521. The van der Waals surface area contributed by atoms with E-state index in [0.717, 1.165) is 0 Å². The Morgan fingerprint density at radius 3 is 2.95 bits per heavy atom. The summed E-state index contributed by atoms with van der Waals surface area (Å²) in [5.41, 5.74) is 6.69. The normalized spacial score (nSPS) is 9.71.